The summed E-state index contributed by atoms with van der Waals surface area (Å²) in [4.78, 5) is 7.77. The van der Waals surface area contributed by atoms with Crippen LogP contribution in [0.4, 0.5) is 5.13 Å². The van der Waals surface area contributed by atoms with Gasteiger partial charge in [0.05, 0.1) is 12.8 Å². The lowest BCUT2D eigenvalue weighted by Crippen LogP contribution is -2.15. The second-order valence-corrected chi connectivity index (χ2v) is 5.03. The van der Waals surface area contributed by atoms with Gasteiger partial charge in [0.25, 0.3) is 0 Å². The van der Waals surface area contributed by atoms with Crippen LogP contribution < -0.4 is 10.2 Å². The molecule has 0 aliphatic heterocycles. The smallest absolute Gasteiger partial charge is 0.185 e. The lowest BCUT2D eigenvalue weighted by atomic mass is 10.3. The van der Waals surface area contributed by atoms with Gasteiger partial charge in [-0.25, -0.2) is 4.98 Å². The molecule has 0 aromatic carbocycles. The number of aromatic nitrogens is 1. The molecular weight excluding hydrogens is 234 g/mol. The predicted molar refractivity (Wildman–Crippen MR) is 70.4 cm³/mol. The van der Waals surface area contributed by atoms with Crippen LogP contribution in [0, 0.1) is 0 Å². The van der Waals surface area contributed by atoms with E-state index >= 15 is 0 Å². The third-order valence-electron chi connectivity index (χ3n) is 2.67. The molecule has 0 amide bonds. The zero-order valence-electron chi connectivity index (χ0n) is 10.3. The Hall–Kier alpha value is -1.33. The van der Waals surface area contributed by atoms with Crippen LogP contribution >= 0.6 is 11.3 Å². The van der Waals surface area contributed by atoms with Crippen LogP contribution in [0.1, 0.15) is 23.6 Å². The van der Waals surface area contributed by atoms with E-state index in [9.17, 15) is 0 Å². The molecule has 0 radical (unpaired) electrons. The van der Waals surface area contributed by atoms with Gasteiger partial charge in [0.15, 0.2) is 5.13 Å². The fourth-order valence-corrected chi connectivity index (χ4v) is 2.44. The van der Waals surface area contributed by atoms with Gasteiger partial charge in [-0.05, 0) is 26.1 Å². The van der Waals surface area contributed by atoms with Crippen molar-refractivity contribution < 1.29 is 4.42 Å². The molecule has 92 valence electrons. The Morgan fingerprint density at radius 1 is 1.59 bits per heavy atom. The summed E-state index contributed by atoms with van der Waals surface area (Å²) in [5.41, 5.74) is 0. The number of hydrogen-bond acceptors (Lipinski definition) is 5. The van der Waals surface area contributed by atoms with E-state index in [2.05, 4.69) is 22.1 Å². The van der Waals surface area contributed by atoms with Crippen molar-refractivity contribution in [2.75, 3.05) is 19.0 Å². The third-order valence-corrected chi connectivity index (χ3v) is 3.97. The van der Waals surface area contributed by atoms with E-state index in [1.54, 1.807) is 17.6 Å². The summed E-state index contributed by atoms with van der Waals surface area (Å²) in [6.45, 7) is 2.87. The minimum Gasteiger partial charge on any atom is -0.467 e. The van der Waals surface area contributed by atoms with Crippen molar-refractivity contribution >= 4 is 16.5 Å². The first-order chi connectivity index (χ1) is 8.20. The van der Waals surface area contributed by atoms with E-state index in [1.807, 2.05) is 32.4 Å². The minimum atomic E-state index is 0.346. The van der Waals surface area contributed by atoms with Crippen molar-refractivity contribution in [1.82, 2.24) is 10.3 Å². The summed E-state index contributed by atoms with van der Waals surface area (Å²) in [5.74, 6) is 0.950. The number of thiazole rings is 1. The first-order valence-corrected chi connectivity index (χ1v) is 6.39. The number of furan rings is 1. The van der Waals surface area contributed by atoms with Crippen molar-refractivity contribution in [2.24, 2.45) is 0 Å². The molecule has 1 N–H and O–H groups in total. The van der Waals surface area contributed by atoms with Gasteiger partial charge in [-0.2, -0.15) is 0 Å². The average molecular weight is 251 g/mol. The van der Waals surface area contributed by atoms with Crippen molar-refractivity contribution in [3.63, 3.8) is 0 Å². The van der Waals surface area contributed by atoms with E-state index in [4.69, 9.17) is 4.42 Å². The van der Waals surface area contributed by atoms with Gasteiger partial charge in [0, 0.05) is 24.2 Å². The quantitative estimate of drug-likeness (QED) is 0.887. The van der Waals surface area contributed by atoms with Gasteiger partial charge in [0.1, 0.15) is 5.76 Å². The lowest BCUT2D eigenvalue weighted by molar-refractivity contribution is 0.507. The van der Waals surface area contributed by atoms with Gasteiger partial charge in [-0.1, -0.05) is 0 Å². The zero-order valence-corrected chi connectivity index (χ0v) is 11.1. The van der Waals surface area contributed by atoms with Crippen LogP contribution in [-0.2, 0) is 6.54 Å². The van der Waals surface area contributed by atoms with E-state index in [-0.39, 0.29) is 0 Å². The van der Waals surface area contributed by atoms with E-state index in [0.717, 1.165) is 17.4 Å². The molecule has 2 aromatic rings. The minimum absolute atomic E-state index is 0.346. The monoisotopic (exact) mass is 251 g/mol. The van der Waals surface area contributed by atoms with Crippen LogP contribution in [0.3, 0.4) is 0 Å². The molecule has 2 rings (SSSR count). The van der Waals surface area contributed by atoms with Gasteiger partial charge < -0.3 is 14.6 Å². The fraction of sp³-hybridized carbons (Fsp3) is 0.417. The number of anilines is 1. The van der Waals surface area contributed by atoms with Crippen LogP contribution in [0.15, 0.2) is 29.0 Å². The normalized spacial score (nSPS) is 12.6. The molecule has 2 aromatic heterocycles. The van der Waals surface area contributed by atoms with E-state index in [0.29, 0.717) is 6.04 Å². The Labute approximate surface area is 105 Å². The first-order valence-electron chi connectivity index (χ1n) is 5.57. The number of hydrogen-bond donors (Lipinski definition) is 1. The van der Waals surface area contributed by atoms with Crippen molar-refractivity contribution in [3.8, 4) is 0 Å². The molecule has 1 atom stereocenters. The highest BCUT2D eigenvalue weighted by Crippen LogP contribution is 2.27. The number of rotatable bonds is 5. The third kappa shape index (κ3) is 2.87. The molecule has 5 heteroatoms. The molecule has 0 spiro atoms. The second-order valence-electron chi connectivity index (χ2n) is 3.99. The Morgan fingerprint density at radius 2 is 2.41 bits per heavy atom. The molecule has 0 saturated heterocycles. The number of nitrogens with zero attached hydrogens (tertiary/aromatic N) is 2. The molecule has 0 aliphatic carbocycles. The van der Waals surface area contributed by atoms with Gasteiger partial charge in [-0.3, -0.25) is 0 Å². The highest BCUT2D eigenvalue weighted by molar-refractivity contribution is 7.15. The maximum Gasteiger partial charge on any atom is 0.185 e. The Balaban J connectivity index is 2.04. The average Bonchev–Trinajstić information content (AvgIpc) is 2.98. The molecule has 0 fully saturated rings. The molecular formula is C12H17N3OS. The van der Waals surface area contributed by atoms with Gasteiger partial charge >= 0.3 is 0 Å². The SMILES string of the molecule is CNC(C)c1cnc(N(C)Cc2ccco2)s1. The molecule has 2 heterocycles. The molecule has 0 saturated carbocycles. The van der Waals surface area contributed by atoms with Crippen LogP contribution in [0.5, 0.6) is 0 Å². The van der Waals surface area contributed by atoms with Crippen LogP contribution in [0.25, 0.3) is 0 Å². The number of nitrogens with one attached hydrogen (secondary N) is 1. The highest BCUT2D eigenvalue weighted by atomic mass is 32.1. The Morgan fingerprint density at radius 3 is 3.06 bits per heavy atom. The summed E-state index contributed by atoms with van der Waals surface area (Å²) in [5, 5.41) is 4.22. The lowest BCUT2D eigenvalue weighted by Gasteiger charge is -2.13. The summed E-state index contributed by atoms with van der Waals surface area (Å²) >= 11 is 1.71. The van der Waals surface area contributed by atoms with E-state index < -0.39 is 0 Å². The van der Waals surface area contributed by atoms with Crippen molar-refractivity contribution in [1.29, 1.82) is 0 Å². The topological polar surface area (TPSA) is 41.3 Å². The van der Waals surface area contributed by atoms with E-state index in [1.165, 1.54) is 4.88 Å². The zero-order chi connectivity index (χ0) is 12.3. The second kappa shape index (κ2) is 5.33. The standard InChI is InChI=1S/C12H17N3OS/c1-9(13-2)11-7-14-12(17-11)15(3)8-10-5-4-6-16-10/h4-7,9,13H,8H2,1-3H3. The predicted octanol–water partition coefficient (Wildman–Crippen LogP) is 2.65. The van der Waals surface area contributed by atoms with Crippen molar-refractivity contribution in [3.05, 3.63) is 35.2 Å². The fourth-order valence-electron chi connectivity index (χ4n) is 1.50. The highest BCUT2D eigenvalue weighted by Gasteiger charge is 2.11. The maximum atomic E-state index is 5.32. The summed E-state index contributed by atoms with van der Waals surface area (Å²) in [6.07, 6.45) is 3.62. The van der Waals surface area contributed by atoms with Gasteiger partial charge in [-0.15, -0.1) is 11.3 Å². The molecule has 0 aliphatic rings. The molecule has 0 bridgehead atoms. The first kappa shape index (κ1) is 12.1. The summed E-state index contributed by atoms with van der Waals surface area (Å²) in [7, 11) is 3.98. The summed E-state index contributed by atoms with van der Waals surface area (Å²) in [6, 6.07) is 4.22. The molecule has 4 nitrogen and oxygen atoms in total. The maximum absolute atomic E-state index is 5.32. The van der Waals surface area contributed by atoms with Crippen molar-refractivity contribution in [2.45, 2.75) is 19.5 Å². The van der Waals surface area contributed by atoms with Crippen LogP contribution in [0.2, 0.25) is 0 Å². The Kier molecular flexibility index (Phi) is 3.81. The Bertz CT molecular complexity index is 452. The molecule has 1 unspecified atom stereocenters. The van der Waals surface area contributed by atoms with Crippen LogP contribution in [-0.4, -0.2) is 19.1 Å². The molecule has 17 heavy (non-hydrogen) atoms. The largest absolute Gasteiger partial charge is 0.467 e. The summed E-state index contributed by atoms with van der Waals surface area (Å²) < 4.78 is 5.32. The van der Waals surface area contributed by atoms with Gasteiger partial charge in [0.2, 0.25) is 0 Å².